The Kier molecular flexibility index (Phi) is 3.97. The van der Waals surface area contributed by atoms with Crippen molar-refractivity contribution in [2.75, 3.05) is 0 Å². The van der Waals surface area contributed by atoms with E-state index in [-0.39, 0.29) is 0 Å². The largest absolute Gasteiger partial charge is 0.310 e. The van der Waals surface area contributed by atoms with Crippen molar-refractivity contribution in [2.24, 2.45) is 0 Å². The molecule has 0 bridgehead atoms. The molecule has 1 aromatic rings. The van der Waals surface area contributed by atoms with E-state index in [1.807, 2.05) is 0 Å². The highest BCUT2D eigenvalue weighted by Gasteiger charge is 1.97. The Bertz CT molecular complexity index is 238. The van der Waals surface area contributed by atoms with Gasteiger partial charge < -0.3 is 5.32 Å². The topological polar surface area (TPSA) is 12.0 Å². The van der Waals surface area contributed by atoms with Gasteiger partial charge in [-0.05, 0) is 25.8 Å². The number of rotatable bonds is 4. The molecule has 0 aliphatic heterocycles. The van der Waals surface area contributed by atoms with E-state index in [9.17, 15) is 0 Å². The molecule has 1 nitrogen and oxygen atoms in total. The minimum atomic E-state index is 0.612. The van der Waals surface area contributed by atoms with Crippen molar-refractivity contribution in [3.63, 3.8) is 0 Å². The standard InChI is InChI=1S/C12H19N/c1-4-11(3)13-9-12-7-5-10(2)6-8-12/h5-8,11,13H,4,9H2,1-3H3/t11-/m0/s1. The predicted molar refractivity (Wildman–Crippen MR) is 57.8 cm³/mol. The summed E-state index contributed by atoms with van der Waals surface area (Å²) in [6.07, 6.45) is 1.19. The van der Waals surface area contributed by atoms with Gasteiger partial charge in [-0.15, -0.1) is 0 Å². The van der Waals surface area contributed by atoms with Gasteiger partial charge in [0.05, 0.1) is 0 Å². The Hall–Kier alpha value is -0.820. The molecule has 0 amide bonds. The summed E-state index contributed by atoms with van der Waals surface area (Å²) in [5, 5.41) is 3.47. The average Bonchev–Trinajstić information content (AvgIpc) is 2.16. The summed E-state index contributed by atoms with van der Waals surface area (Å²) in [5.41, 5.74) is 2.69. The summed E-state index contributed by atoms with van der Waals surface area (Å²) in [5.74, 6) is 0. The lowest BCUT2D eigenvalue weighted by atomic mass is 10.1. The van der Waals surface area contributed by atoms with E-state index in [0.29, 0.717) is 6.04 Å². The molecule has 0 aliphatic carbocycles. The summed E-state index contributed by atoms with van der Waals surface area (Å²) in [7, 11) is 0. The van der Waals surface area contributed by atoms with Crippen LogP contribution < -0.4 is 5.32 Å². The van der Waals surface area contributed by atoms with E-state index in [2.05, 4.69) is 50.4 Å². The third-order valence-corrected chi connectivity index (χ3v) is 2.39. The van der Waals surface area contributed by atoms with Crippen LogP contribution in [0, 0.1) is 6.92 Å². The van der Waals surface area contributed by atoms with E-state index in [4.69, 9.17) is 0 Å². The van der Waals surface area contributed by atoms with Gasteiger partial charge >= 0.3 is 0 Å². The van der Waals surface area contributed by atoms with Gasteiger partial charge in [0.15, 0.2) is 0 Å². The van der Waals surface area contributed by atoms with E-state index >= 15 is 0 Å². The fourth-order valence-corrected chi connectivity index (χ4v) is 1.14. The van der Waals surface area contributed by atoms with Crippen LogP contribution in [-0.2, 0) is 6.54 Å². The summed E-state index contributed by atoms with van der Waals surface area (Å²) < 4.78 is 0. The molecule has 1 N–H and O–H groups in total. The molecule has 0 aliphatic rings. The van der Waals surface area contributed by atoms with Gasteiger partial charge in [0.2, 0.25) is 0 Å². The second-order valence-corrected chi connectivity index (χ2v) is 3.68. The molecule has 13 heavy (non-hydrogen) atoms. The molecule has 1 atom stereocenters. The minimum absolute atomic E-state index is 0.612. The highest BCUT2D eigenvalue weighted by molar-refractivity contribution is 5.21. The van der Waals surface area contributed by atoms with Crippen molar-refractivity contribution < 1.29 is 0 Å². The van der Waals surface area contributed by atoms with Crippen LogP contribution in [-0.4, -0.2) is 6.04 Å². The zero-order valence-electron chi connectivity index (χ0n) is 8.80. The van der Waals surface area contributed by atoms with Crippen molar-refractivity contribution >= 4 is 0 Å². The maximum atomic E-state index is 3.47. The molecule has 0 spiro atoms. The van der Waals surface area contributed by atoms with Crippen LogP contribution in [0.2, 0.25) is 0 Å². The second-order valence-electron chi connectivity index (χ2n) is 3.68. The smallest absolute Gasteiger partial charge is 0.0207 e. The number of aryl methyl sites for hydroxylation is 1. The molecule has 0 unspecified atom stereocenters. The Labute approximate surface area is 81.2 Å². The first-order valence-electron chi connectivity index (χ1n) is 5.01. The summed E-state index contributed by atoms with van der Waals surface area (Å²) in [6.45, 7) is 7.52. The lowest BCUT2D eigenvalue weighted by molar-refractivity contribution is 0.534. The van der Waals surface area contributed by atoms with E-state index < -0.39 is 0 Å². The lowest BCUT2D eigenvalue weighted by Crippen LogP contribution is -2.24. The van der Waals surface area contributed by atoms with Crippen molar-refractivity contribution in [1.29, 1.82) is 0 Å². The molecule has 0 aromatic heterocycles. The Balaban J connectivity index is 2.41. The maximum Gasteiger partial charge on any atom is 0.0207 e. The van der Waals surface area contributed by atoms with Crippen molar-refractivity contribution in [1.82, 2.24) is 5.32 Å². The molecule has 72 valence electrons. The third-order valence-electron chi connectivity index (χ3n) is 2.39. The molecule has 1 aromatic carbocycles. The maximum absolute atomic E-state index is 3.47. The van der Waals surface area contributed by atoms with Crippen LogP contribution in [0.4, 0.5) is 0 Å². The van der Waals surface area contributed by atoms with Crippen LogP contribution in [0.3, 0.4) is 0 Å². The molecule has 0 heterocycles. The molecule has 0 saturated carbocycles. The summed E-state index contributed by atoms with van der Waals surface area (Å²) in [6, 6.07) is 9.30. The highest BCUT2D eigenvalue weighted by atomic mass is 14.9. The van der Waals surface area contributed by atoms with Crippen molar-refractivity contribution in [3.05, 3.63) is 35.4 Å². The SMILES string of the molecule is CC[C@H](C)NCc1ccc(C)cc1. The van der Waals surface area contributed by atoms with Crippen molar-refractivity contribution in [2.45, 2.75) is 39.8 Å². The molecule has 0 saturated heterocycles. The van der Waals surface area contributed by atoms with Crippen LogP contribution in [0.15, 0.2) is 24.3 Å². The van der Waals surface area contributed by atoms with Crippen molar-refractivity contribution in [3.8, 4) is 0 Å². The quantitative estimate of drug-likeness (QED) is 0.745. The molecule has 1 rings (SSSR count). The van der Waals surface area contributed by atoms with E-state index in [1.54, 1.807) is 0 Å². The summed E-state index contributed by atoms with van der Waals surface area (Å²) >= 11 is 0. The first-order valence-corrected chi connectivity index (χ1v) is 5.01. The molecule has 1 heteroatoms. The number of hydrogen-bond acceptors (Lipinski definition) is 1. The Morgan fingerprint density at radius 3 is 2.38 bits per heavy atom. The number of hydrogen-bond donors (Lipinski definition) is 1. The highest BCUT2D eigenvalue weighted by Crippen LogP contribution is 2.03. The van der Waals surface area contributed by atoms with Gasteiger partial charge in [0.25, 0.3) is 0 Å². The summed E-state index contributed by atoms with van der Waals surface area (Å²) in [4.78, 5) is 0. The first kappa shape index (κ1) is 10.3. The van der Waals surface area contributed by atoms with Crippen LogP contribution in [0.1, 0.15) is 31.4 Å². The van der Waals surface area contributed by atoms with Gasteiger partial charge in [-0.1, -0.05) is 36.8 Å². The zero-order chi connectivity index (χ0) is 9.68. The Morgan fingerprint density at radius 1 is 1.23 bits per heavy atom. The van der Waals surface area contributed by atoms with E-state index in [0.717, 1.165) is 6.54 Å². The molecular weight excluding hydrogens is 158 g/mol. The predicted octanol–water partition coefficient (Wildman–Crippen LogP) is 2.88. The Morgan fingerprint density at radius 2 is 1.85 bits per heavy atom. The third kappa shape index (κ3) is 3.60. The van der Waals surface area contributed by atoms with Crippen LogP contribution in [0.5, 0.6) is 0 Å². The second kappa shape index (κ2) is 5.03. The minimum Gasteiger partial charge on any atom is -0.310 e. The molecular formula is C12H19N. The average molecular weight is 177 g/mol. The number of nitrogens with one attached hydrogen (secondary N) is 1. The monoisotopic (exact) mass is 177 g/mol. The normalized spacial score (nSPS) is 12.8. The molecule has 0 radical (unpaired) electrons. The number of benzene rings is 1. The van der Waals surface area contributed by atoms with Gasteiger partial charge in [0.1, 0.15) is 0 Å². The van der Waals surface area contributed by atoms with Gasteiger partial charge in [-0.2, -0.15) is 0 Å². The van der Waals surface area contributed by atoms with Gasteiger partial charge in [-0.3, -0.25) is 0 Å². The van der Waals surface area contributed by atoms with Gasteiger partial charge in [-0.25, -0.2) is 0 Å². The fourth-order valence-electron chi connectivity index (χ4n) is 1.14. The fraction of sp³-hybridized carbons (Fsp3) is 0.500. The lowest BCUT2D eigenvalue weighted by Gasteiger charge is -2.10. The zero-order valence-corrected chi connectivity index (χ0v) is 8.80. The first-order chi connectivity index (χ1) is 6.22. The van der Waals surface area contributed by atoms with Crippen LogP contribution >= 0.6 is 0 Å². The van der Waals surface area contributed by atoms with Gasteiger partial charge in [0, 0.05) is 12.6 Å². The molecule has 0 fully saturated rings. The van der Waals surface area contributed by atoms with E-state index in [1.165, 1.54) is 17.5 Å². The van der Waals surface area contributed by atoms with Crippen LogP contribution in [0.25, 0.3) is 0 Å².